The highest BCUT2D eigenvalue weighted by Crippen LogP contribution is 2.47. The third-order valence-corrected chi connectivity index (χ3v) is 6.38. The van der Waals surface area contributed by atoms with Gasteiger partial charge in [0.05, 0.1) is 6.26 Å². The molecule has 0 saturated carbocycles. The van der Waals surface area contributed by atoms with Gasteiger partial charge in [0, 0.05) is 50.3 Å². The summed E-state index contributed by atoms with van der Waals surface area (Å²) in [7, 11) is -4.10. The van der Waals surface area contributed by atoms with E-state index in [2.05, 4.69) is 9.97 Å². The van der Waals surface area contributed by atoms with Gasteiger partial charge < -0.3 is 9.97 Å². The molecule has 5 rings (SSSR count). The van der Waals surface area contributed by atoms with Gasteiger partial charge in [-0.2, -0.15) is 8.42 Å². The van der Waals surface area contributed by atoms with Crippen LogP contribution in [0, 0.1) is 11.6 Å². The zero-order valence-corrected chi connectivity index (χ0v) is 18.8. The van der Waals surface area contributed by atoms with Gasteiger partial charge in [-0.15, -0.1) is 0 Å². The molecule has 0 saturated heterocycles. The van der Waals surface area contributed by atoms with Crippen molar-refractivity contribution in [3.63, 3.8) is 0 Å². The fourth-order valence-electron chi connectivity index (χ4n) is 4.27. The maximum atomic E-state index is 14.3. The van der Waals surface area contributed by atoms with Crippen molar-refractivity contribution in [1.29, 1.82) is 0 Å². The van der Waals surface area contributed by atoms with Gasteiger partial charge in [0.25, 0.3) is 10.1 Å². The van der Waals surface area contributed by atoms with E-state index in [1.807, 2.05) is 0 Å². The standard InChI is InChI=1S/C24H17ClF2N2O3S/c1-33(30,31)32-24(14-2-4-15(25)5-3-14,20-12-28-22-8-6-16(26)10-18(20)22)21-13-29-23-9-7-17(27)11-19(21)23/h2-13,28-29H,1H3. The third-order valence-electron chi connectivity index (χ3n) is 5.57. The van der Waals surface area contributed by atoms with Gasteiger partial charge in [-0.25, -0.2) is 13.0 Å². The van der Waals surface area contributed by atoms with Gasteiger partial charge in [0.2, 0.25) is 0 Å². The summed E-state index contributed by atoms with van der Waals surface area (Å²) >= 11 is 6.11. The van der Waals surface area contributed by atoms with Crippen molar-refractivity contribution in [2.75, 3.05) is 6.26 Å². The second-order valence-electron chi connectivity index (χ2n) is 7.76. The molecule has 2 heterocycles. The van der Waals surface area contributed by atoms with Crippen molar-refractivity contribution in [2.45, 2.75) is 5.60 Å². The van der Waals surface area contributed by atoms with Crippen LogP contribution in [0.3, 0.4) is 0 Å². The molecule has 0 fully saturated rings. The van der Waals surface area contributed by atoms with Gasteiger partial charge in [-0.1, -0.05) is 23.7 Å². The second kappa shape index (κ2) is 7.69. The average molecular weight is 487 g/mol. The summed E-state index contributed by atoms with van der Waals surface area (Å²) in [5, 5.41) is 1.26. The molecule has 9 heteroatoms. The normalized spacial score (nSPS) is 12.6. The lowest BCUT2D eigenvalue weighted by atomic mass is 9.80. The smallest absolute Gasteiger partial charge is 0.265 e. The number of aromatic amines is 2. The quantitative estimate of drug-likeness (QED) is 0.306. The number of aromatic nitrogens is 2. The summed E-state index contributed by atoms with van der Waals surface area (Å²) in [6.45, 7) is 0. The molecular formula is C24H17ClF2N2O3S. The van der Waals surface area contributed by atoms with Crippen molar-refractivity contribution in [3.8, 4) is 0 Å². The molecule has 0 atom stereocenters. The monoisotopic (exact) mass is 486 g/mol. The summed E-state index contributed by atoms with van der Waals surface area (Å²) in [5.74, 6) is -1.00. The zero-order chi connectivity index (χ0) is 23.4. The third kappa shape index (κ3) is 3.70. The summed E-state index contributed by atoms with van der Waals surface area (Å²) in [5.41, 5.74) is 0.467. The van der Waals surface area contributed by atoms with Crippen molar-refractivity contribution in [3.05, 3.63) is 106 Å². The molecule has 168 valence electrons. The minimum absolute atomic E-state index is 0.343. The number of rotatable bonds is 5. The molecule has 2 N–H and O–H groups in total. The summed E-state index contributed by atoms with van der Waals surface area (Å²) in [6, 6.07) is 14.8. The van der Waals surface area contributed by atoms with E-state index in [4.69, 9.17) is 15.8 Å². The Morgan fingerprint density at radius 2 is 1.30 bits per heavy atom. The Kier molecular flexibility index (Phi) is 5.04. The Hall–Kier alpha value is -3.20. The van der Waals surface area contributed by atoms with E-state index in [-0.39, 0.29) is 0 Å². The molecule has 0 aliphatic heterocycles. The number of nitrogens with one attached hydrogen (secondary N) is 2. The van der Waals surface area contributed by atoms with E-state index in [0.29, 0.717) is 43.5 Å². The van der Waals surface area contributed by atoms with Crippen molar-refractivity contribution < 1.29 is 21.4 Å². The molecular weight excluding hydrogens is 470 g/mol. The first-order chi connectivity index (χ1) is 15.7. The Morgan fingerprint density at radius 3 is 1.76 bits per heavy atom. The van der Waals surface area contributed by atoms with E-state index in [9.17, 15) is 17.2 Å². The van der Waals surface area contributed by atoms with Crippen LogP contribution in [-0.2, 0) is 19.9 Å². The van der Waals surface area contributed by atoms with Gasteiger partial charge in [0.15, 0.2) is 5.60 Å². The van der Waals surface area contributed by atoms with Gasteiger partial charge in [-0.05, 0) is 54.1 Å². The Bertz CT molecular complexity index is 1530. The first kappa shape index (κ1) is 21.6. The van der Waals surface area contributed by atoms with Crippen molar-refractivity contribution in [2.24, 2.45) is 0 Å². The van der Waals surface area contributed by atoms with Crippen molar-refractivity contribution in [1.82, 2.24) is 9.97 Å². The molecule has 0 radical (unpaired) electrons. The summed E-state index contributed by atoms with van der Waals surface area (Å²) < 4.78 is 59.8. The first-order valence-electron chi connectivity index (χ1n) is 9.88. The van der Waals surface area contributed by atoms with E-state index >= 15 is 0 Å². The van der Waals surface area contributed by atoms with Crippen molar-refractivity contribution >= 4 is 43.5 Å². The lowest BCUT2D eigenvalue weighted by molar-refractivity contribution is 0.169. The summed E-state index contributed by atoms with van der Waals surface area (Å²) in [6.07, 6.45) is 4.08. The molecule has 5 aromatic rings. The highest BCUT2D eigenvalue weighted by atomic mass is 35.5. The van der Waals surface area contributed by atoms with Gasteiger partial charge in [0.1, 0.15) is 11.6 Å². The first-order valence-corrected chi connectivity index (χ1v) is 12.1. The minimum atomic E-state index is -4.10. The van der Waals surface area contributed by atoms with Crippen LogP contribution < -0.4 is 0 Å². The zero-order valence-electron chi connectivity index (χ0n) is 17.2. The van der Waals surface area contributed by atoms with E-state index in [1.165, 1.54) is 24.3 Å². The van der Waals surface area contributed by atoms with Crippen LogP contribution in [0.15, 0.2) is 73.1 Å². The Balaban J connectivity index is 1.97. The highest BCUT2D eigenvalue weighted by Gasteiger charge is 2.44. The molecule has 0 aliphatic rings. The Morgan fingerprint density at radius 1 is 0.818 bits per heavy atom. The average Bonchev–Trinajstić information content (AvgIpc) is 3.36. The van der Waals surface area contributed by atoms with Crippen LogP contribution in [0.5, 0.6) is 0 Å². The SMILES string of the molecule is CS(=O)(=O)OC(c1ccc(Cl)cc1)(c1c[nH]c2ccc(F)cc12)c1c[nH]c2ccc(F)cc12. The number of hydrogen-bond donors (Lipinski definition) is 2. The molecule has 0 unspecified atom stereocenters. The number of hydrogen-bond acceptors (Lipinski definition) is 3. The predicted octanol–water partition coefficient (Wildman–Crippen LogP) is 5.85. The molecule has 0 aliphatic carbocycles. The van der Waals surface area contributed by atoms with Crippen LogP contribution >= 0.6 is 11.6 Å². The van der Waals surface area contributed by atoms with Gasteiger partial charge in [-0.3, -0.25) is 0 Å². The van der Waals surface area contributed by atoms with Crippen LogP contribution in [0.2, 0.25) is 5.02 Å². The van der Waals surface area contributed by atoms with Gasteiger partial charge >= 0.3 is 0 Å². The maximum absolute atomic E-state index is 14.3. The number of halogens is 3. The topological polar surface area (TPSA) is 75.0 Å². The van der Waals surface area contributed by atoms with Crippen LogP contribution in [0.4, 0.5) is 8.78 Å². The maximum Gasteiger partial charge on any atom is 0.265 e. The molecule has 3 aromatic carbocycles. The van der Waals surface area contributed by atoms with E-state index in [0.717, 1.165) is 6.26 Å². The molecule has 0 amide bonds. The largest absolute Gasteiger partial charge is 0.361 e. The van der Waals surface area contributed by atoms with Crippen LogP contribution in [0.25, 0.3) is 21.8 Å². The lowest BCUT2D eigenvalue weighted by Crippen LogP contribution is -2.34. The number of benzene rings is 3. The van der Waals surface area contributed by atoms with Crippen LogP contribution in [-0.4, -0.2) is 24.6 Å². The van der Waals surface area contributed by atoms with E-state index < -0.39 is 27.4 Å². The number of H-pyrrole nitrogens is 2. The second-order valence-corrected chi connectivity index (χ2v) is 9.77. The molecule has 5 nitrogen and oxygen atoms in total. The molecule has 2 aromatic heterocycles. The molecule has 33 heavy (non-hydrogen) atoms. The van der Waals surface area contributed by atoms with E-state index in [1.54, 1.807) is 48.8 Å². The number of fused-ring (bicyclic) bond motifs is 2. The predicted molar refractivity (Wildman–Crippen MR) is 124 cm³/mol. The Labute approximate surface area is 193 Å². The van der Waals surface area contributed by atoms with Crippen LogP contribution in [0.1, 0.15) is 16.7 Å². The summed E-state index contributed by atoms with van der Waals surface area (Å²) in [4.78, 5) is 6.11. The highest BCUT2D eigenvalue weighted by molar-refractivity contribution is 7.86. The lowest BCUT2D eigenvalue weighted by Gasteiger charge is -2.33. The fourth-order valence-corrected chi connectivity index (χ4v) is 5.13. The fraction of sp³-hybridized carbons (Fsp3) is 0.0833. The molecule has 0 bridgehead atoms. The minimum Gasteiger partial charge on any atom is -0.361 e. The molecule has 0 spiro atoms.